The highest BCUT2D eigenvalue weighted by molar-refractivity contribution is 5.80. The Hall–Kier alpha value is -3.42. The second kappa shape index (κ2) is 9.21. The Bertz CT molecular complexity index is 1140. The lowest BCUT2D eigenvalue weighted by Gasteiger charge is -2.26. The Morgan fingerprint density at radius 1 is 1.15 bits per heavy atom. The van der Waals surface area contributed by atoms with Gasteiger partial charge in [-0.1, -0.05) is 12.1 Å². The molecule has 1 aromatic carbocycles. The van der Waals surface area contributed by atoms with Gasteiger partial charge in [-0.3, -0.25) is 9.48 Å². The molecule has 0 N–H and O–H groups in total. The molecule has 3 aromatic rings. The average Bonchev–Trinajstić information content (AvgIpc) is 3.60. The molecule has 8 nitrogen and oxygen atoms in total. The topological polar surface area (TPSA) is 76.4 Å². The quantitative estimate of drug-likeness (QED) is 0.578. The van der Waals surface area contributed by atoms with Crippen LogP contribution in [0.15, 0.2) is 42.7 Å². The Kier molecular flexibility index (Phi) is 5.98. The zero-order chi connectivity index (χ0) is 22.8. The molecule has 0 radical (unpaired) electrons. The first-order valence-corrected chi connectivity index (χ1v) is 11.7. The van der Waals surface area contributed by atoms with E-state index in [1.54, 1.807) is 7.11 Å². The molecule has 172 valence electrons. The summed E-state index contributed by atoms with van der Waals surface area (Å²) in [6, 6.07) is 9.65. The van der Waals surface area contributed by atoms with E-state index in [0.717, 1.165) is 66.7 Å². The van der Waals surface area contributed by atoms with Gasteiger partial charge in [0.1, 0.15) is 5.75 Å². The Balaban J connectivity index is 1.42. The number of likely N-dealkylation sites (tertiary alicyclic amines) is 1. The third-order valence-corrected chi connectivity index (χ3v) is 6.67. The van der Waals surface area contributed by atoms with Gasteiger partial charge in [-0.15, -0.1) is 0 Å². The Morgan fingerprint density at radius 3 is 2.82 bits per heavy atom. The van der Waals surface area contributed by atoms with Gasteiger partial charge in [-0.25, -0.2) is 9.97 Å². The molecule has 1 atom stereocenters. The number of ether oxygens (including phenoxy) is 1. The molecule has 2 fully saturated rings. The van der Waals surface area contributed by atoms with E-state index in [9.17, 15) is 4.79 Å². The first-order valence-electron chi connectivity index (χ1n) is 11.7. The first kappa shape index (κ1) is 21.4. The number of methoxy groups -OCH3 is 1. The molecule has 4 heterocycles. The molecule has 2 saturated heterocycles. The van der Waals surface area contributed by atoms with Gasteiger partial charge in [0.25, 0.3) is 0 Å². The second-order valence-corrected chi connectivity index (χ2v) is 8.78. The number of hydrogen-bond acceptors (Lipinski definition) is 6. The minimum absolute atomic E-state index is 0.0178. The fourth-order valence-electron chi connectivity index (χ4n) is 5.02. The molecule has 5 rings (SSSR count). The van der Waals surface area contributed by atoms with Crippen molar-refractivity contribution < 1.29 is 9.53 Å². The van der Waals surface area contributed by atoms with Crippen LogP contribution in [-0.4, -0.2) is 57.3 Å². The van der Waals surface area contributed by atoms with Gasteiger partial charge in [-0.2, -0.15) is 5.10 Å². The molecule has 0 spiro atoms. The molecule has 0 aliphatic carbocycles. The van der Waals surface area contributed by atoms with E-state index in [1.807, 2.05) is 59.4 Å². The van der Waals surface area contributed by atoms with Gasteiger partial charge < -0.3 is 14.5 Å². The highest BCUT2D eigenvalue weighted by Gasteiger charge is 2.34. The van der Waals surface area contributed by atoms with Crippen molar-refractivity contribution in [3.63, 3.8) is 0 Å². The number of benzene rings is 1. The summed E-state index contributed by atoms with van der Waals surface area (Å²) in [5, 5.41) is 4.55. The van der Waals surface area contributed by atoms with E-state index in [4.69, 9.17) is 9.72 Å². The molecule has 33 heavy (non-hydrogen) atoms. The molecular weight excluding hydrogens is 416 g/mol. The molecule has 8 heteroatoms. The molecule has 0 saturated carbocycles. The first-order chi connectivity index (χ1) is 16.1. The zero-order valence-corrected chi connectivity index (χ0v) is 19.3. The van der Waals surface area contributed by atoms with Crippen LogP contribution >= 0.6 is 0 Å². The van der Waals surface area contributed by atoms with Gasteiger partial charge in [-0.05, 0) is 49.4 Å². The van der Waals surface area contributed by atoms with Crippen molar-refractivity contribution in [3.8, 4) is 17.0 Å². The number of rotatable bonds is 6. The molecule has 0 bridgehead atoms. The van der Waals surface area contributed by atoms with Crippen LogP contribution < -0.4 is 9.64 Å². The maximum absolute atomic E-state index is 13.3. The van der Waals surface area contributed by atoms with Gasteiger partial charge >= 0.3 is 0 Å². The van der Waals surface area contributed by atoms with E-state index in [1.165, 1.54) is 12.8 Å². The fourth-order valence-corrected chi connectivity index (χ4v) is 5.02. The number of carbonyl (C=O) groups is 1. The van der Waals surface area contributed by atoms with Crippen LogP contribution in [0, 0.1) is 0 Å². The lowest BCUT2D eigenvalue weighted by Crippen LogP contribution is -2.33. The third kappa shape index (κ3) is 4.29. The summed E-state index contributed by atoms with van der Waals surface area (Å²) in [5.74, 6) is 1.67. The molecule has 2 aliphatic rings. The number of aromatic nitrogens is 4. The molecular formula is C25H30N6O2. The number of anilines is 1. The predicted molar refractivity (Wildman–Crippen MR) is 126 cm³/mol. The number of aryl methyl sites for hydroxylation is 1. The minimum atomic E-state index is -0.0178. The van der Waals surface area contributed by atoms with E-state index in [-0.39, 0.29) is 11.9 Å². The number of hydrogen-bond donors (Lipinski definition) is 0. The summed E-state index contributed by atoms with van der Waals surface area (Å²) in [6.07, 6.45) is 8.30. The number of nitrogens with zero attached hydrogens (tertiary/aromatic N) is 6. The van der Waals surface area contributed by atoms with Crippen molar-refractivity contribution in [2.24, 2.45) is 7.05 Å². The normalized spacial score (nSPS) is 18.2. The lowest BCUT2D eigenvalue weighted by molar-refractivity contribution is -0.131. The maximum atomic E-state index is 13.3. The molecule has 2 aliphatic heterocycles. The maximum Gasteiger partial charge on any atom is 0.227 e. The average molecular weight is 447 g/mol. The van der Waals surface area contributed by atoms with Gasteiger partial charge in [0, 0.05) is 38.4 Å². The Morgan fingerprint density at radius 2 is 2.00 bits per heavy atom. The Labute approximate surface area is 194 Å². The number of amides is 1. The number of carbonyl (C=O) groups excluding carboxylic acids is 1. The largest absolute Gasteiger partial charge is 0.497 e. The van der Waals surface area contributed by atoms with Crippen LogP contribution in [0.25, 0.3) is 11.3 Å². The van der Waals surface area contributed by atoms with Crippen LogP contribution in [-0.2, 0) is 18.3 Å². The zero-order valence-electron chi connectivity index (χ0n) is 19.3. The predicted octanol–water partition coefficient (Wildman–Crippen LogP) is 3.39. The second-order valence-electron chi connectivity index (χ2n) is 8.78. The van der Waals surface area contributed by atoms with Crippen molar-refractivity contribution in [1.82, 2.24) is 24.6 Å². The summed E-state index contributed by atoms with van der Waals surface area (Å²) in [6.45, 7) is 2.75. The summed E-state index contributed by atoms with van der Waals surface area (Å²) < 4.78 is 7.21. The monoisotopic (exact) mass is 446 g/mol. The SMILES string of the molecule is COc1cccc(CC(=O)N2CCC[C@H]2c2c(-c3ccnc(N4CCCC4)n3)cnn2C)c1. The minimum Gasteiger partial charge on any atom is -0.497 e. The van der Waals surface area contributed by atoms with Gasteiger partial charge in [0.2, 0.25) is 11.9 Å². The lowest BCUT2D eigenvalue weighted by atomic mass is 10.0. The van der Waals surface area contributed by atoms with Crippen molar-refractivity contribution in [2.45, 2.75) is 38.1 Å². The molecule has 1 amide bonds. The third-order valence-electron chi connectivity index (χ3n) is 6.67. The van der Waals surface area contributed by atoms with Gasteiger partial charge in [0.15, 0.2) is 0 Å². The summed E-state index contributed by atoms with van der Waals surface area (Å²) in [7, 11) is 3.59. The van der Waals surface area contributed by atoms with Crippen LogP contribution in [0.3, 0.4) is 0 Å². The van der Waals surface area contributed by atoms with Crippen LogP contribution in [0.5, 0.6) is 5.75 Å². The highest BCUT2D eigenvalue weighted by atomic mass is 16.5. The highest BCUT2D eigenvalue weighted by Crippen LogP contribution is 2.37. The van der Waals surface area contributed by atoms with Crippen molar-refractivity contribution in [2.75, 3.05) is 31.6 Å². The van der Waals surface area contributed by atoms with Crippen LogP contribution in [0.2, 0.25) is 0 Å². The van der Waals surface area contributed by atoms with Gasteiger partial charge in [0.05, 0.1) is 37.2 Å². The smallest absolute Gasteiger partial charge is 0.227 e. The van der Waals surface area contributed by atoms with E-state index in [2.05, 4.69) is 15.0 Å². The summed E-state index contributed by atoms with van der Waals surface area (Å²) in [4.78, 5) is 26.9. The fraction of sp³-hybridized carbons (Fsp3) is 0.440. The standard InChI is InChI=1S/C25H30N6O2/c1-29-24(20(17-27-29)21-10-11-26-25(28-21)30-12-3-4-13-30)22-9-6-14-31(22)23(32)16-18-7-5-8-19(15-18)33-2/h5,7-8,10-11,15,17,22H,3-4,6,9,12-14,16H2,1-2H3/t22-/m0/s1. The van der Waals surface area contributed by atoms with E-state index < -0.39 is 0 Å². The van der Waals surface area contributed by atoms with E-state index in [0.29, 0.717) is 6.42 Å². The van der Waals surface area contributed by atoms with Crippen molar-refractivity contribution >= 4 is 11.9 Å². The molecule has 0 unspecified atom stereocenters. The summed E-state index contributed by atoms with van der Waals surface area (Å²) >= 11 is 0. The van der Waals surface area contributed by atoms with Crippen molar-refractivity contribution in [3.05, 3.63) is 54.0 Å². The summed E-state index contributed by atoms with van der Waals surface area (Å²) in [5.41, 5.74) is 3.84. The molecule has 2 aromatic heterocycles. The van der Waals surface area contributed by atoms with Crippen LogP contribution in [0.1, 0.15) is 43.0 Å². The van der Waals surface area contributed by atoms with Crippen molar-refractivity contribution in [1.29, 1.82) is 0 Å². The van der Waals surface area contributed by atoms with Crippen LogP contribution in [0.4, 0.5) is 5.95 Å². The van der Waals surface area contributed by atoms with E-state index >= 15 is 0 Å².